The standard InChI is InChI=1S/C21H19ClN2O3/c1-27-20-13-15(11-12-19(20)25)14-24(18-10-6-5-9-17(18)22)21(26)23-16-7-3-2-4-8-16/h2-13,25H,14H2,1H3,(H,23,26). The van der Waals surface area contributed by atoms with Crippen molar-refractivity contribution in [3.8, 4) is 11.5 Å². The summed E-state index contributed by atoms with van der Waals surface area (Å²) in [7, 11) is 1.48. The van der Waals surface area contributed by atoms with Gasteiger partial charge in [0, 0.05) is 5.69 Å². The molecule has 0 aliphatic heterocycles. The highest BCUT2D eigenvalue weighted by molar-refractivity contribution is 6.33. The molecule has 2 amide bonds. The molecule has 0 bridgehead atoms. The first-order valence-electron chi connectivity index (χ1n) is 8.32. The van der Waals surface area contributed by atoms with E-state index in [0.717, 1.165) is 5.56 Å². The predicted octanol–water partition coefficient (Wildman–Crippen LogP) is 5.29. The number of phenols is 1. The number of carbonyl (C=O) groups excluding carboxylic acids is 1. The number of hydrogen-bond acceptors (Lipinski definition) is 3. The summed E-state index contributed by atoms with van der Waals surface area (Å²) in [5.41, 5.74) is 2.05. The molecule has 0 saturated heterocycles. The second-order valence-electron chi connectivity index (χ2n) is 5.84. The molecule has 0 aliphatic rings. The molecule has 3 rings (SSSR count). The first kappa shape index (κ1) is 18.6. The van der Waals surface area contributed by atoms with Crippen molar-refractivity contribution in [1.29, 1.82) is 0 Å². The van der Waals surface area contributed by atoms with E-state index >= 15 is 0 Å². The van der Waals surface area contributed by atoms with Gasteiger partial charge >= 0.3 is 6.03 Å². The van der Waals surface area contributed by atoms with Crippen LogP contribution in [0, 0.1) is 0 Å². The summed E-state index contributed by atoms with van der Waals surface area (Å²) in [6, 6.07) is 21.0. The van der Waals surface area contributed by atoms with E-state index in [-0.39, 0.29) is 18.3 Å². The Morgan fingerprint density at radius 3 is 2.48 bits per heavy atom. The molecule has 0 unspecified atom stereocenters. The van der Waals surface area contributed by atoms with Crippen molar-refractivity contribution in [3.63, 3.8) is 0 Å². The van der Waals surface area contributed by atoms with Crippen LogP contribution in [-0.2, 0) is 6.54 Å². The number of carbonyl (C=O) groups is 1. The number of ether oxygens (including phenoxy) is 1. The average Bonchev–Trinajstić information content (AvgIpc) is 2.68. The predicted molar refractivity (Wildman–Crippen MR) is 108 cm³/mol. The molecule has 0 aliphatic carbocycles. The molecule has 0 aromatic heterocycles. The number of urea groups is 1. The molecule has 3 aromatic rings. The first-order valence-corrected chi connectivity index (χ1v) is 8.70. The number of halogens is 1. The van der Waals surface area contributed by atoms with Crippen LogP contribution in [0.15, 0.2) is 72.8 Å². The number of aromatic hydroxyl groups is 1. The molecule has 0 atom stereocenters. The normalized spacial score (nSPS) is 10.3. The topological polar surface area (TPSA) is 61.8 Å². The minimum absolute atomic E-state index is 0.0410. The van der Waals surface area contributed by atoms with Crippen LogP contribution in [0.25, 0.3) is 0 Å². The van der Waals surface area contributed by atoms with Crippen LogP contribution in [0.3, 0.4) is 0 Å². The van der Waals surface area contributed by atoms with Crippen molar-refractivity contribution in [2.24, 2.45) is 0 Å². The smallest absolute Gasteiger partial charge is 0.326 e. The number of phenolic OH excluding ortho intramolecular Hbond substituents is 1. The van der Waals surface area contributed by atoms with Gasteiger partial charge in [0.25, 0.3) is 0 Å². The number of rotatable bonds is 5. The number of nitrogens with zero attached hydrogens (tertiary/aromatic N) is 1. The van der Waals surface area contributed by atoms with Gasteiger partial charge in [0.1, 0.15) is 0 Å². The monoisotopic (exact) mass is 382 g/mol. The molecule has 3 aromatic carbocycles. The van der Waals surface area contributed by atoms with Crippen molar-refractivity contribution >= 4 is 29.0 Å². The SMILES string of the molecule is COc1cc(CN(C(=O)Nc2ccccc2)c2ccccc2Cl)ccc1O. The molecular formula is C21H19ClN2O3. The van der Waals surface area contributed by atoms with Crippen LogP contribution in [0.1, 0.15) is 5.56 Å². The molecule has 138 valence electrons. The quantitative estimate of drug-likeness (QED) is 0.630. The van der Waals surface area contributed by atoms with Crippen molar-refractivity contribution in [2.45, 2.75) is 6.54 Å². The largest absolute Gasteiger partial charge is 0.504 e. The van der Waals surface area contributed by atoms with Crippen LogP contribution in [0.4, 0.5) is 16.2 Å². The van der Waals surface area contributed by atoms with E-state index in [2.05, 4.69) is 5.32 Å². The summed E-state index contributed by atoms with van der Waals surface area (Å²) in [6.45, 7) is 0.249. The lowest BCUT2D eigenvalue weighted by atomic mass is 10.1. The lowest BCUT2D eigenvalue weighted by Gasteiger charge is -2.24. The van der Waals surface area contributed by atoms with Gasteiger partial charge in [-0.1, -0.05) is 48.0 Å². The highest BCUT2D eigenvalue weighted by Gasteiger charge is 2.19. The molecule has 0 fully saturated rings. The van der Waals surface area contributed by atoms with E-state index in [1.54, 1.807) is 29.2 Å². The van der Waals surface area contributed by atoms with Gasteiger partial charge in [-0.2, -0.15) is 0 Å². The van der Waals surface area contributed by atoms with E-state index in [0.29, 0.717) is 22.1 Å². The minimum Gasteiger partial charge on any atom is -0.504 e. The molecular weight excluding hydrogens is 364 g/mol. The van der Waals surface area contributed by atoms with E-state index < -0.39 is 0 Å². The van der Waals surface area contributed by atoms with Crippen LogP contribution < -0.4 is 15.0 Å². The third-order valence-corrected chi connectivity index (χ3v) is 4.32. The summed E-state index contributed by atoms with van der Waals surface area (Å²) < 4.78 is 5.16. The lowest BCUT2D eigenvalue weighted by Crippen LogP contribution is -2.34. The number of amides is 2. The van der Waals surface area contributed by atoms with Gasteiger partial charge in [-0.15, -0.1) is 0 Å². The number of nitrogens with one attached hydrogen (secondary N) is 1. The van der Waals surface area contributed by atoms with E-state index in [4.69, 9.17) is 16.3 Å². The summed E-state index contributed by atoms with van der Waals surface area (Å²) in [5.74, 6) is 0.384. The molecule has 5 nitrogen and oxygen atoms in total. The van der Waals surface area contributed by atoms with Crippen LogP contribution in [0.2, 0.25) is 5.02 Å². The molecule has 6 heteroatoms. The van der Waals surface area contributed by atoms with Crippen molar-refractivity contribution < 1.29 is 14.6 Å². The van der Waals surface area contributed by atoms with Gasteiger partial charge in [0.15, 0.2) is 11.5 Å². The van der Waals surface area contributed by atoms with Gasteiger partial charge in [-0.25, -0.2) is 4.79 Å². The average molecular weight is 383 g/mol. The zero-order chi connectivity index (χ0) is 19.2. The Balaban J connectivity index is 1.93. The van der Waals surface area contributed by atoms with E-state index in [1.165, 1.54) is 13.2 Å². The third kappa shape index (κ3) is 4.51. The van der Waals surface area contributed by atoms with Gasteiger partial charge in [-0.05, 0) is 42.0 Å². The fraction of sp³-hybridized carbons (Fsp3) is 0.0952. The van der Waals surface area contributed by atoms with E-state index in [1.807, 2.05) is 42.5 Å². The highest BCUT2D eigenvalue weighted by atomic mass is 35.5. The fourth-order valence-corrected chi connectivity index (χ4v) is 2.89. The molecule has 27 heavy (non-hydrogen) atoms. The molecule has 0 heterocycles. The number of benzene rings is 3. The van der Waals surface area contributed by atoms with Crippen LogP contribution in [-0.4, -0.2) is 18.2 Å². The second-order valence-corrected chi connectivity index (χ2v) is 6.25. The summed E-state index contributed by atoms with van der Waals surface area (Å²) >= 11 is 6.33. The maximum atomic E-state index is 13.0. The third-order valence-electron chi connectivity index (χ3n) is 4.00. The second kappa shape index (κ2) is 8.47. The maximum Gasteiger partial charge on any atom is 0.326 e. The Hall–Kier alpha value is -3.18. The Morgan fingerprint density at radius 2 is 1.78 bits per heavy atom. The van der Waals surface area contributed by atoms with Crippen LogP contribution in [0.5, 0.6) is 11.5 Å². The fourth-order valence-electron chi connectivity index (χ4n) is 2.65. The lowest BCUT2D eigenvalue weighted by molar-refractivity contribution is 0.256. The van der Waals surface area contributed by atoms with Gasteiger partial charge < -0.3 is 15.2 Å². The Labute approximate surface area is 162 Å². The van der Waals surface area contributed by atoms with Crippen molar-refractivity contribution in [3.05, 3.63) is 83.4 Å². The van der Waals surface area contributed by atoms with Gasteiger partial charge in [-0.3, -0.25) is 4.90 Å². The Bertz CT molecular complexity index is 932. The summed E-state index contributed by atoms with van der Waals surface area (Å²) in [6.07, 6.45) is 0. The molecule has 0 saturated carbocycles. The summed E-state index contributed by atoms with van der Waals surface area (Å²) in [5, 5.41) is 13.1. The van der Waals surface area contributed by atoms with Gasteiger partial charge in [0.05, 0.1) is 24.4 Å². The maximum absolute atomic E-state index is 13.0. The zero-order valence-electron chi connectivity index (χ0n) is 14.7. The zero-order valence-corrected chi connectivity index (χ0v) is 15.5. The molecule has 0 spiro atoms. The van der Waals surface area contributed by atoms with E-state index in [9.17, 15) is 9.90 Å². The van der Waals surface area contributed by atoms with Crippen molar-refractivity contribution in [2.75, 3.05) is 17.3 Å². The summed E-state index contributed by atoms with van der Waals surface area (Å²) in [4.78, 5) is 14.5. The highest BCUT2D eigenvalue weighted by Crippen LogP contribution is 2.30. The Kier molecular flexibility index (Phi) is 5.84. The number of hydrogen-bond donors (Lipinski definition) is 2. The number of methoxy groups -OCH3 is 1. The molecule has 0 radical (unpaired) electrons. The Morgan fingerprint density at radius 1 is 1.07 bits per heavy atom. The van der Waals surface area contributed by atoms with Crippen LogP contribution >= 0.6 is 11.6 Å². The number of anilines is 2. The first-order chi connectivity index (χ1) is 13.1. The van der Waals surface area contributed by atoms with Crippen molar-refractivity contribution in [1.82, 2.24) is 0 Å². The minimum atomic E-state index is -0.318. The molecule has 2 N–H and O–H groups in total. The number of para-hydroxylation sites is 2. The van der Waals surface area contributed by atoms with Gasteiger partial charge in [0.2, 0.25) is 0 Å².